The Hall–Kier alpha value is -1.83. The van der Waals surface area contributed by atoms with Gasteiger partial charge in [0.1, 0.15) is 0 Å². The maximum absolute atomic E-state index is 11.5. The molecule has 0 bridgehead atoms. The molecule has 1 rings (SSSR count). The smallest absolute Gasteiger partial charge is 0.178 e. The van der Waals surface area contributed by atoms with E-state index in [1.165, 1.54) is 0 Å². The van der Waals surface area contributed by atoms with Crippen LogP contribution in [0.4, 0.5) is 0 Å². The molecule has 0 unspecified atom stereocenters. The molecular weight excluding hydrogens is 222 g/mol. The van der Waals surface area contributed by atoms with Crippen LogP contribution >= 0.6 is 0 Å². The molecule has 1 aromatic rings. The Balaban J connectivity index is 2.29. The first-order chi connectivity index (χ1) is 8.83. The quantitative estimate of drug-likeness (QED) is 0.177. The van der Waals surface area contributed by atoms with E-state index in [0.717, 1.165) is 29.6 Å². The second kappa shape index (κ2) is 9.23. The number of hydrogen-bond acceptors (Lipinski definition) is 1. The summed E-state index contributed by atoms with van der Waals surface area (Å²) in [5.74, 6) is 0. The lowest BCUT2D eigenvalue weighted by molar-refractivity contribution is -0.469. The Morgan fingerprint density at radius 1 is 1.06 bits per heavy atom. The van der Waals surface area contributed by atoms with Gasteiger partial charge in [0.2, 0.25) is 0 Å². The van der Waals surface area contributed by atoms with Gasteiger partial charge in [-0.3, -0.25) is 0 Å². The highest BCUT2D eigenvalue weighted by molar-refractivity contribution is 5.66. The normalized spacial score (nSPS) is 12.6. The molecule has 0 aliphatic carbocycles. The van der Waals surface area contributed by atoms with Gasteiger partial charge in [-0.15, -0.1) is 0 Å². The average Bonchev–Trinajstić information content (AvgIpc) is 2.39. The monoisotopic (exact) mass is 243 g/mol. The Labute approximate surface area is 110 Å². The second-order valence-electron chi connectivity index (χ2n) is 4.10. The Bertz CT molecular complexity index is 404. The lowest BCUT2D eigenvalue weighted by Gasteiger charge is -2.02. The highest BCUT2D eigenvalue weighted by Gasteiger charge is 1.94. The van der Waals surface area contributed by atoms with Crippen LogP contribution in [0.3, 0.4) is 0 Å². The molecule has 2 heteroatoms. The molecule has 0 N–H and O–H groups in total. The zero-order chi connectivity index (χ0) is 13.1. The summed E-state index contributed by atoms with van der Waals surface area (Å²) < 4.78 is 0.952. The summed E-state index contributed by atoms with van der Waals surface area (Å²) in [6.45, 7) is 2.53. The molecule has 0 atom stereocenters. The van der Waals surface area contributed by atoms with Gasteiger partial charge in [0.15, 0.2) is 12.8 Å². The van der Waals surface area contributed by atoms with Crippen LogP contribution in [0.1, 0.15) is 31.7 Å². The fourth-order valence-corrected chi connectivity index (χ4v) is 1.55. The van der Waals surface area contributed by atoms with E-state index >= 15 is 0 Å². The van der Waals surface area contributed by atoms with Crippen LogP contribution in [0.15, 0.2) is 54.6 Å². The van der Waals surface area contributed by atoms with Crippen LogP contribution in [0, 0.1) is 5.21 Å². The van der Waals surface area contributed by atoms with Crippen molar-refractivity contribution in [2.24, 2.45) is 0 Å². The molecule has 0 saturated heterocycles. The minimum Gasteiger partial charge on any atom is -0.624 e. The van der Waals surface area contributed by atoms with Crippen LogP contribution in [0.25, 0.3) is 0 Å². The minimum absolute atomic E-state index is 0.404. The van der Waals surface area contributed by atoms with Gasteiger partial charge >= 0.3 is 0 Å². The molecule has 0 amide bonds. The third-order valence-corrected chi connectivity index (χ3v) is 2.47. The van der Waals surface area contributed by atoms with Gasteiger partial charge in [0.25, 0.3) is 0 Å². The van der Waals surface area contributed by atoms with E-state index in [0.29, 0.717) is 6.54 Å². The summed E-state index contributed by atoms with van der Waals surface area (Å²) in [6.07, 6.45) is 12.9. The van der Waals surface area contributed by atoms with Crippen molar-refractivity contribution < 1.29 is 4.74 Å². The Kier molecular flexibility index (Phi) is 7.29. The number of hydrogen-bond donors (Lipinski definition) is 0. The van der Waals surface area contributed by atoms with E-state index in [2.05, 4.69) is 19.1 Å². The number of hydroxylamine groups is 1. The van der Waals surface area contributed by atoms with Gasteiger partial charge in [-0.2, -0.15) is 0 Å². The van der Waals surface area contributed by atoms with Crippen molar-refractivity contribution in [3.8, 4) is 0 Å². The Morgan fingerprint density at radius 3 is 2.50 bits per heavy atom. The van der Waals surface area contributed by atoms with Crippen LogP contribution in [-0.2, 0) is 6.54 Å². The molecule has 18 heavy (non-hydrogen) atoms. The third-order valence-electron chi connectivity index (χ3n) is 2.47. The van der Waals surface area contributed by atoms with Crippen LogP contribution in [0.2, 0.25) is 0 Å². The van der Waals surface area contributed by atoms with Gasteiger partial charge in [0.05, 0.1) is 0 Å². The molecule has 0 aliphatic heterocycles. The Morgan fingerprint density at radius 2 is 1.78 bits per heavy atom. The summed E-state index contributed by atoms with van der Waals surface area (Å²) in [5.41, 5.74) is 1.03. The van der Waals surface area contributed by atoms with Gasteiger partial charge in [-0.05, 0) is 25.3 Å². The largest absolute Gasteiger partial charge is 0.624 e. The van der Waals surface area contributed by atoms with E-state index in [-0.39, 0.29) is 0 Å². The number of benzene rings is 1. The van der Waals surface area contributed by atoms with Gasteiger partial charge in [-0.1, -0.05) is 55.5 Å². The van der Waals surface area contributed by atoms with E-state index in [1.807, 2.05) is 42.5 Å². The van der Waals surface area contributed by atoms with E-state index in [9.17, 15) is 5.21 Å². The summed E-state index contributed by atoms with van der Waals surface area (Å²) in [4.78, 5) is 0. The molecule has 0 fully saturated rings. The maximum Gasteiger partial charge on any atom is 0.178 e. The van der Waals surface area contributed by atoms with E-state index < -0.39 is 0 Å². The molecule has 1 aromatic carbocycles. The van der Waals surface area contributed by atoms with Crippen LogP contribution in [-0.4, -0.2) is 11.0 Å². The van der Waals surface area contributed by atoms with Crippen molar-refractivity contribution in [3.63, 3.8) is 0 Å². The zero-order valence-corrected chi connectivity index (χ0v) is 11.0. The van der Waals surface area contributed by atoms with Crippen molar-refractivity contribution in [2.75, 3.05) is 0 Å². The molecule has 0 aliphatic rings. The first-order valence-electron chi connectivity index (χ1n) is 6.45. The average molecular weight is 243 g/mol. The van der Waals surface area contributed by atoms with Crippen molar-refractivity contribution in [2.45, 2.75) is 32.7 Å². The first-order valence-corrected chi connectivity index (χ1v) is 6.45. The standard InChI is InChI=1S/C16H21NO/c1-2-3-4-5-6-7-11-14-17(18)15-16-12-9-8-10-13-16/h3-4,7-14H,2,5-6,15H2,1H3/b4-3-,11-7+,17-14-. The number of unbranched alkanes of at least 4 members (excludes halogenated alkanes) is 1. The van der Waals surface area contributed by atoms with Crippen molar-refractivity contribution in [3.05, 3.63) is 65.4 Å². The number of allylic oxidation sites excluding steroid dienone is 4. The van der Waals surface area contributed by atoms with Gasteiger partial charge in [0, 0.05) is 5.56 Å². The molecule has 0 saturated carbocycles. The van der Waals surface area contributed by atoms with E-state index in [1.54, 1.807) is 6.21 Å². The molecule has 0 radical (unpaired) electrons. The lowest BCUT2D eigenvalue weighted by Crippen LogP contribution is -2.03. The summed E-state index contributed by atoms with van der Waals surface area (Å²) in [6, 6.07) is 9.75. The van der Waals surface area contributed by atoms with Crippen molar-refractivity contribution in [1.82, 2.24) is 0 Å². The predicted molar refractivity (Wildman–Crippen MR) is 77.6 cm³/mol. The zero-order valence-electron chi connectivity index (χ0n) is 11.0. The highest BCUT2D eigenvalue weighted by Crippen LogP contribution is 1.99. The molecule has 0 spiro atoms. The SMILES string of the molecule is CC/C=C\CC/C=C/C=[N+](\[O-])Cc1ccccc1. The van der Waals surface area contributed by atoms with Crippen LogP contribution in [0.5, 0.6) is 0 Å². The predicted octanol–water partition coefficient (Wildman–Crippen LogP) is 4.07. The fourth-order valence-electron chi connectivity index (χ4n) is 1.55. The molecule has 0 aromatic heterocycles. The van der Waals surface area contributed by atoms with Gasteiger partial charge in [-0.25, -0.2) is 4.74 Å². The topological polar surface area (TPSA) is 26.1 Å². The van der Waals surface area contributed by atoms with Gasteiger partial charge < -0.3 is 5.21 Å². The summed E-state index contributed by atoms with van der Waals surface area (Å²) >= 11 is 0. The summed E-state index contributed by atoms with van der Waals surface area (Å²) in [5, 5.41) is 11.5. The molecule has 2 nitrogen and oxygen atoms in total. The fraction of sp³-hybridized carbons (Fsp3) is 0.312. The lowest BCUT2D eigenvalue weighted by atomic mass is 10.2. The first kappa shape index (κ1) is 14.2. The maximum atomic E-state index is 11.5. The second-order valence-corrected chi connectivity index (χ2v) is 4.10. The minimum atomic E-state index is 0.404. The van der Waals surface area contributed by atoms with E-state index in [4.69, 9.17) is 0 Å². The third kappa shape index (κ3) is 6.69. The molecule has 0 heterocycles. The van der Waals surface area contributed by atoms with Crippen molar-refractivity contribution >= 4 is 6.21 Å². The molecular formula is C16H21NO. The highest BCUT2D eigenvalue weighted by atomic mass is 16.5. The number of rotatable bonds is 7. The molecule has 96 valence electrons. The van der Waals surface area contributed by atoms with Crippen molar-refractivity contribution in [1.29, 1.82) is 0 Å². The summed E-state index contributed by atoms with van der Waals surface area (Å²) in [7, 11) is 0. The van der Waals surface area contributed by atoms with Crippen LogP contribution < -0.4 is 0 Å². The number of nitrogens with zero attached hydrogens (tertiary/aromatic N) is 1.